The van der Waals surface area contributed by atoms with Crippen LogP contribution in [-0.4, -0.2) is 36.9 Å². The lowest BCUT2D eigenvalue weighted by atomic mass is 10.0. The number of piperidine rings is 1. The highest BCUT2D eigenvalue weighted by Gasteiger charge is 2.27. The van der Waals surface area contributed by atoms with E-state index in [0.717, 1.165) is 12.8 Å². The Morgan fingerprint density at radius 2 is 1.95 bits per heavy atom. The van der Waals surface area contributed by atoms with Crippen LogP contribution in [0.25, 0.3) is 0 Å². The molecular weight excluding hydrogens is 292 g/mol. The normalized spacial score (nSPS) is 17.6. The van der Waals surface area contributed by atoms with Gasteiger partial charge in [-0.2, -0.15) is 12.7 Å². The number of nitrogens with one attached hydrogen (secondary N) is 1. The highest BCUT2D eigenvalue weighted by molar-refractivity contribution is 7.90. The number of aromatic carboxylic acids is 1. The molecule has 0 aliphatic carbocycles. The predicted octanol–water partition coefficient (Wildman–Crippen LogP) is 2.08. The molecular formula is C14H20N2O4S. The van der Waals surface area contributed by atoms with Crippen LogP contribution in [0.3, 0.4) is 0 Å². The molecule has 6 nitrogen and oxygen atoms in total. The fraction of sp³-hybridized carbons (Fsp3) is 0.500. The van der Waals surface area contributed by atoms with Crippen LogP contribution in [0, 0.1) is 12.8 Å². The number of benzene rings is 1. The van der Waals surface area contributed by atoms with Crippen LogP contribution in [0.15, 0.2) is 18.2 Å². The maximum Gasteiger partial charge on any atom is 0.336 e. The van der Waals surface area contributed by atoms with E-state index in [1.54, 1.807) is 13.0 Å². The number of hydrogen-bond donors (Lipinski definition) is 2. The van der Waals surface area contributed by atoms with Gasteiger partial charge in [0, 0.05) is 13.1 Å². The molecule has 0 bridgehead atoms. The van der Waals surface area contributed by atoms with E-state index in [0.29, 0.717) is 30.3 Å². The van der Waals surface area contributed by atoms with Crippen LogP contribution >= 0.6 is 0 Å². The molecule has 7 heteroatoms. The van der Waals surface area contributed by atoms with Crippen molar-refractivity contribution in [3.05, 3.63) is 29.3 Å². The van der Waals surface area contributed by atoms with E-state index in [4.69, 9.17) is 5.11 Å². The molecule has 0 radical (unpaired) electrons. The molecule has 1 aliphatic heterocycles. The molecule has 1 aliphatic rings. The Bertz CT molecular complexity index is 634. The van der Waals surface area contributed by atoms with Gasteiger partial charge in [-0.15, -0.1) is 0 Å². The van der Waals surface area contributed by atoms with Crippen molar-refractivity contribution in [3.63, 3.8) is 0 Å². The third-order valence-corrected chi connectivity index (χ3v) is 5.41. The minimum Gasteiger partial charge on any atom is -0.478 e. The summed E-state index contributed by atoms with van der Waals surface area (Å²) in [4.78, 5) is 11.1. The van der Waals surface area contributed by atoms with Gasteiger partial charge in [0.15, 0.2) is 0 Å². The minimum atomic E-state index is -3.63. The van der Waals surface area contributed by atoms with Gasteiger partial charge in [-0.25, -0.2) is 4.79 Å². The van der Waals surface area contributed by atoms with Crippen LogP contribution in [0.2, 0.25) is 0 Å². The quantitative estimate of drug-likeness (QED) is 0.891. The average Bonchev–Trinajstić information content (AvgIpc) is 2.41. The van der Waals surface area contributed by atoms with E-state index in [2.05, 4.69) is 11.6 Å². The number of carboxylic acid groups (broad SMARTS) is 1. The smallest absolute Gasteiger partial charge is 0.336 e. The molecule has 1 aromatic rings. The molecule has 0 aromatic heterocycles. The largest absolute Gasteiger partial charge is 0.478 e. The van der Waals surface area contributed by atoms with Gasteiger partial charge in [0.25, 0.3) is 0 Å². The lowest BCUT2D eigenvalue weighted by molar-refractivity contribution is 0.0696. The van der Waals surface area contributed by atoms with Crippen molar-refractivity contribution >= 4 is 21.9 Å². The number of rotatable bonds is 4. The van der Waals surface area contributed by atoms with E-state index in [-0.39, 0.29) is 5.56 Å². The van der Waals surface area contributed by atoms with Crippen LogP contribution in [0.4, 0.5) is 5.69 Å². The Balaban J connectivity index is 2.21. The van der Waals surface area contributed by atoms with Crippen molar-refractivity contribution in [2.45, 2.75) is 26.7 Å². The van der Waals surface area contributed by atoms with Crippen LogP contribution in [0.5, 0.6) is 0 Å². The summed E-state index contributed by atoms with van der Waals surface area (Å²) in [7, 11) is -3.63. The summed E-state index contributed by atoms with van der Waals surface area (Å²) in [6.45, 7) is 4.69. The maximum atomic E-state index is 12.4. The molecule has 1 saturated heterocycles. The summed E-state index contributed by atoms with van der Waals surface area (Å²) in [5.74, 6) is -0.533. The predicted molar refractivity (Wildman–Crippen MR) is 80.7 cm³/mol. The zero-order valence-electron chi connectivity index (χ0n) is 12.2. The number of nitrogens with zero attached hydrogens (tertiary/aromatic N) is 1. The summed E-state index contributed by atoms with van der Waals surface area (Å²) in [6.07, 6.45) is 1.68. The monoisotopic (exact) mass is 312 g/mol. The first-order valence-corrected chi connectivity index (χ1v) is 8.36. The van der Waals surface area contributed by atoms with Gasteiger partial charge < -0.3 is 5.11 Å². The number of carboxylic acids is 1. The number of hydrogen-bond acceptors (Lipinski definition) is 3. The van der Waals surface area contributed by atoms with Crippen LogP contribution in [-0.2, 0) is 10.2 Å². The molecule has 0 saturated carbocycles. The first kappa shape index (κ1) is 15.8. The fourth-order valence-corrected chi connectivity index (χ4v) is 3.73. The van der Waals surface area contributed by atoms with Crippen molar-refractivity contribution in [1.82, 2.24) is 4.31 Å². The number of carbonyl (C=O) groups is 1. The summed E-state index contributed by atoms with van der Waals surface area (Å²) in [5.41, 5.74) is 0.829. The number of anilines is 1. The van der Waals surface area contributed by atoms with E-state index < -0.39 is 16.2 Å². The Kier molecular flexibility index (Phi) is 4.53. The Labute approximate surface area is 125 Å². The second-order valence-electron chi connectivity index (χ2n) is 5.47. The lowest BCUT2D eigenvalue weighted by Crippen LogP contribution is -2.41. The van der Waals surface area contributed by atoms with E-state index >= 15 is 0 Å². The van der Waals surface area contributed by atoms with Crippen molar-refractivity contribution in [3.8, 4) is 0 Å². The summed E-state index contributed by atoms with van der Waals surface area (Å²) in [6, 6.07) is 4.57. The second kappa shape index (κ2) is 6.03. The first-order chi connectivity index (χ1) is 9.81. The molecule has 0 spiro atoms. The SMILES string of the molecule is Cc1c(NS(=O)(=O)N2CCC(C)CC2)cccc1C(=O)O. The zero-order chi connectivity index (χ0) is 15.6. The molecule has 0 amide bonds. The third kappa shape index (κ3) is 3.54. The summed E-state index contributed by atoms with van der Waals surface area (Å²) >= 11 is 0. The van der Waals surface area contributed by atoms with Crippen molar-refractivity contribution in [2.24, 2.45) is 5.92 Å². The molecule has 1 fully saturated rings. The minimum absolute atomic E-state index is 0.0995. The standard InChI is InChI=1S/C14H20N2O4S/c1-10-6-8-16(9-7-10)21(19,20)15-13-5-3-4-12(11(13)2)14(17)18/h3-5,10,15H,6-9H2,1-2H3,(H,17,18). The van der Waals surface area contributed by atoms with Gasteiger partial charge in [-0.3, -0.25) is 4.72 Å². The molecule has 2 N–H and O–H groups in total. The van der Waals surface area contributed by atoms with Gasteiger partial charge in [0.2, 0.25) is 0 Å². The van der Waals surface area contributed by atoms with Crippen LogP contribution in [0.1, 0.15) is 35.7 Å². The fourth-order valence-electron chi connectivity index (χ4n) is 2.41. The molecule has 116 valence electrons. The molecule has 0 unspecified atom stereocenters. The summed E-state index contributed by atoms with van der Waals surface area (Å²) < 4.78 is 28.6. The van der Waals surface area contributed by atoms with Crippen molar-refractivity contribution < 1.29 is 18.3 Å². The van der Waals surface area contributed by atoms with Crippen molar-refractivity contribution in [2.75, 3.05) is 17.8 Å². The van der Waals surface area contributed by atoms with Gasteiger partial charge in [-0.05, 0) is 43.4 Å². The van der Waals surface area contributed by atoms with Gasteiger partial charge in [0.1, 0.15) is 0 Å². The Hall–Kier alpha value is -1.60. The van der Waals surface area contributed by atoms with E-state index in [1.807, 2.05) is 0 Å². The van der Waals surface area contributed by atoms with E-state index in [9.17, 15) is 13.2 Å². The lowest BCUT2D eigenvalue weighted by Gasteiger charge is -2.29. The van der Waals surface area contributed by atoms with Gasteiger partial charge in [0.05, 0.1) is 11.3 Å². The van der Waals surface area contributed by atoms with Gasteiger partial charge >= 0.3 is 16.2 Å². The maximum absolute atomic E-state index is 12.4. The Morgan fingerprint density at radius 1 is 1.33 bits per heavy atom. The topological polar surface area (TPSA) is 86.7 Å². The summed E-state index contributed by atoms with van der Waals surface area (Å²) in [5, 5.41) is 9.08. The molecule has 21 heavy (non-hydrogen) atoms. The molecule has 1 aromatic carbocycles. The molecule has 2 rings (SSSR count). The van der Waals surface area contributed by atoms with Gasteiger partial charge in [-0.1, -0.05) is 13.0 Å². The third-order valence-electron chi connectivity index (χ3n) is 3.89. The first-order valence-electron chi connectivity index (χ1n) is 6.92. The van der Waals surface area contributed by atoms with Crippen LogP contribution < -0.4 is 4.72 Å². The second-order valence-corrected chi connectivity index (χ2v) is 7.14. The van der Waals surface area contributed by atoms with E-state index in [1.165, 1.54) is 16.4 Å². The highest BCUT2D eigenvalue weighted by atomic mass is 32.2. The average molecular weight is 312 g/mol. The molecule has 1 heterocycles. The zero-order valence-corrected chi connectivity index (χ0v) is 13.0. The Morgan fingerprint density at radius 3 is 2.52 bits per heavy atom. The molecule has 0 atom stereocenters. The van der Waals surface area contributed by atoms with Crippen molar-refractivity contribution in [1.29, 1.82) is 0 Å². The highest BCUT2D eigenvalue weighted by Crippen LogP contribution is 2.23.